The Morgan fingerprint density at radius 3 is 2.54 bits per heavy atom. The van der Waals surface area contributed by atoms with Crippen molar-refractivity contribution in [1.82, 2.24) is 4.98 Å². The Balaban J connectivity index is 1.82. The number of carbonyl (C=O) groups excluding carboxylic acids is 2. The van der Waals surface area contributed by atoms with E-state index in [0.717, 1.165) is 10.9 Å². The third-order valence-corrected chi connectivity index (χ3v) is 5.49. The predicted octanol–water partition coefficient (Wildman–Crippen LogP) is 3.72. The van der Waals surface area contributed by atoms with E-state index in [1.54, 1.807) is 44.3 Å². The van der Waals surface area contributed by atoms with Crippen LogP contribution in [0.5, 0.6) is 0 Å². The van der Waals surface area contributed by atoms with Crippen LogP contribution in [-0.4, -0.2) is 32.8 Å². The van der Waals surface area contributed by atoms with E-state index in [0.29, 0.717) is 16.2 Å². The second-order valence-corrected chi connectivity index (χ2v) is 7.50. The molecule has 1 heterocycles. The summed E-state index contributed by atoms with van der Waals surface area (Å²) in [4.78, 5) is 28.7. The molecule has 1 aromatic heterocycles. The van der Waals surface area contributed by atoms with Crippen molar-refractivity contribution in [2.24, 2.45) is 0 Å². The number of hydrogen-bond donors (Lipinski definition) is 1. The molecule has 2 atom stereocenters. The van der Waals surface area contributed by atoms with Gasteiger partial charge in [0.2, 0.25) is 5.78 Å². The summed E-state index contributed by atoms with van der Waals surface area (Å²) in [5.41, 5.74) is 1.55. The molecule has 0 radical (unpaired) electrons. The van der Waals surface area contributed by atoms with Crippen LogP contribution in [0.3, 0.4) is 0 Å². The SMILES string of the molecule is CC[S@@](=O)c1ccccc1C(=O)O[C@@H](C)C(=O)c1c[nH]c2ccccc12. The van der Waals surface area contributed by atoms with Crippen molar-refractivity contribution in [2.45, 2.75) is 24.8 Å². The zero-order valence-electron chi connectivity index (χ0n) is 14.5. The summed E-state index contributed by atoms with van der Waals surface area (Å²) in [5.74, 6) is -0.540. The van der Waals surface area contributed by atoms with E-state index in [1.807, 2.05) is 24.3 Å². The number of hydrogen-bond acceptors (Lipinski definition) is 4. The number of Topliss-reactive ketones (excluding diaryl/α,β-unsaturated/α-hetero) is 1. The van der Waals surface area contributed by atoms with Crippen LogP contribution in [0.2, 0.25) is 0 Å². The summed E-state index contributed by atoms with van der Waals surface area (Å²) in [6.07, 6.45) is 0.669. The molecule has 0 amide bonds. The Morgan fingerprint density at radius 1 is 1.08 bits per heavy atom. The number of nitrogens with one attached hydrogen (secondary N) is 1. The number of ether oxygens (including phenoxy) is 1. The largest absolute Gasteiger partial charge is 0.451 e. The highest BCUT2D eigenvalue weighted by Crippen LogP contribution is 2.21. The number of H-pyrrole nitrogens is 1. The lowest BCUT2D eigenvalue weighted by Gasteiger charge is -2.13. The minimum atomic E-state index is -1.29. The van der Waals surface area contributed by atoms with Gasteiger partial charge in [0, 0.05) is 28.4 Å². The molecule has 1 N–H and O–H groups in total. The van der Waals surface area contributed by atoms with Crippen LogP contribution < -0.4 is 0 Å². The van der Waals surface area contributed by atoms with Crippen molar-refractivity contribution >= 4 is 33.5 Å². The maximum atomic E-state index is 12.7. The first kappa shape index (κ1) is 18.1. The number of rotatable bonds is 6. The van der Waals surface area contributed by atoms with Gasteiger partial charge >= 0.3 is 5.97 Å². The van der Waals surface area contributed by atoms with Gasteiger partial charge in [-0.2, -0.15) is 0 Å². The van der Waals surface area contributed by atoms with Crippen LogP contribution in [-0.2, 0) is 15.5 Å². The van der Waals surface area contributed by atoms with E-state index in [4.69, 9.17) is 4.74 Å². The molecule has 0 aliphatic carbocycles. The molecule has 5 nitrogen and oxygen atoms in total. The van der Waals surface area contributed by atoms with Crippen LogP contribution in [0.25, 0.3) is 10.9 Å². The maximum Gasteiger partial charge on any atom is 0.340 e. The summed E-state index contributed by atoms with van der Waals surface area (Å²) < 4.78 is 17.5. The lowest BCUT2D eigenvalue weighted by molar-refractivity contribution is 0.0316. The Bertz CT molecular complexity index is 992. The molecule has 0 aliphatic rings. The average Bonchev–Trinajstić information content (AvgIpc) is 3.10. The molecular weight excluding hydrogens is 350 g/mol. The topological polar surface area (TPSA) is 76.2 Å². The Morgan fingerprint density at radius 2 is 1.77 bits per heavy atom. The fraction of sp³-hybridized carbons (Fsp3) is 0.200. The van der Waals surface area contributed by atoms with E-state index >= 15 is 0 Å². The van der Waals surface area contributed by atoms with Crippen LogP contribution in [0.1, 0.15) is 34.6 Å². The van der Waals surface area contributed by atoms with Gasteiger partial charge in [-0.1, -0.05) is 37.3 Å². The Hall–Kier alpha value is -2.73. The first-order chi connectivity index (χ1) is 12.5. The fourth-order valence-electron chi connectivity index (χ4n) is 2.76. The first-order valence-corrected chi connectivity index (χ1v) is 9.63. The lowest BCUT2D eigenvalue weighted by Crippen LogP contribution is -2.25. The van der Waals surface area contributed by atoms with Gasteiger partial charge < -0.3 is 9.72 Å². The molecule has 0 spiro atoms. The molecule has 0 saturated carbocycles. The Labute approximate surface area is 153 Å². The second kappa shape index (κ2) is 7.66. The summed E-state index contributed by atoms with van der Waals surface area (Å²) in [5, 5.41) is 0.785. The van der Waals surface area contributed by atoms with Gasteiger partial charge in [-0.15, -0.1) is 0 Å². The van der Waals surface area contributed by atoms with Crippen molar-refractivity contribution in [3.05, 3.63) is 65.9 Å². The molecule has 6 heteroatoms. The summed E-state index contributed by atoms with van der Waals surface area (Å²) in [6, 6.07) is 14.0. The first-order valence-electron chi connectivity index (χ1n) is 8.31. The van der Waals surface area contributed by atoms with Gasteiger partial charge in [-0.05, 0) is 25.1 Å². The van der Waals surface area contributed by atoms with Crippen molar-refractivity contribution < 1.29 is 18.5 Å². The number of para-hydroxylation sites is 1. The molecule has 0 unspecified atom stereocenters. The van der Waals surface area contributed by atoms with Crippen LogP contribution in [0.15, 0.2) is 59.6 Å². The van der Waals surface area contributed by atoms with Crippen molar-refractivity contribution in [1.29, 1.82) is 0 Å². The molecular formula is C20H19NO4S. The molecule has 0 aliphatic heterocycles. The van der Waals surface area contributed by atoms with Gasteiger partial charge in [0.15, 0.2) is 6.10 Å². The van der Waals surface area contributed by atoms with Crippen LogP contribution in [0.4, 0.5) is 0 Å². The third kappa shape index (κ3) is 3.46. The molecule has 26 heavy (non-hydrogen) atoms. The summed E-state index contributed by atoms with van der Waals surface area (Å²) in [7, 11) is -1.29. The lowest BCUT2D eigenvalue weighted by atomic mass is 10.1. The van der Waals surface area contributed by atoms with Crippen molar-refractivity contribution in [3.8, 4) is 0 Å². The molecule has 134 valence electrons. The molecule has 0 bridgehead atoms. The quantitative estimate of drug-likeness (QED) is 0.531. The standard InChI is InChI=1S/C20H19NO4S/c1-3-26(24)18-11-7-5-9-15(18)20(23)25-13(2)19(22)16-12-21-17-10-6-4-8-14(16)17/h4-13,21H,3H2,1-2H3/t13-,26+/m0/s1. The summed E-state index contributed by atoms with van der Waals surface area (Å²) in [6.45, 7) is 3.32. The Kier molecular flexibility index (Phi) is 5.32. The smallest absolute Gasteiger partial charge is 0.340 e. The highest BCUT2D eigenvalue weighted by molar-refractivity contribution is 7.85. The molecule has 0 fully saturated rings. The number of benzene rings is 2. The number of aromatic amines is 1. The molecule has 3 rings (SSSR count). The van der Waals surface area contributed by atoms with Crippen molar-refractivity contribution in [3.63, 3.8) is 0 Å². The molecule has 0 saturated heterocycles. The summed E-state index contributed by atoms with van der Waals surface area (Å²) >= 11 is 0. The number of aromatic nitrogens is 1. The second-order valence-electron chi connectivity index (χ2n) is 5.79. The minimum Gasteiger partial charge on any atom is -0.451 e. The average molecular weight is 369 g/mol. The predicted molar refractivity (Wildman–Crippen MR) is 101 cm³/mol. The minimum absolute atomic E-state index is 0.228. The zero-order chi connectivity index (χ0) is 18.7. The van der Waals surface area contributed by atoms with Gasteiger partial charge in [-0.3, -0.25) is 9.00 Å². The normalized spacial score (nSPS) is 13.3. The van der Waals surface area contributed by atoms with E-state index in [9.17, 15) is 13.8 Å². The molecule has 3 aromatic rings. The number of fused-ring (bicyclic) bond motifs is 1. The number of ketones is 1. The van der Waals surface area contributed by atoms with Gasteiger partial charge in [0.25, 0.3) is 0 Å². The fourth-order valence-corrected chi connectivity index (χ4v) is 3.70. The van der Waals surface area contributed by atoms with E-state index in [-0.39, 0.29) is 11.3 Å². The van der Waals surface area contributed by atoms with Crippen molar-refractivity contribution in [2.75, 3.05) is 5.75 Å². The third-order valence-electron chi connectivity index (χ3n) is 4.12. The van der Waals surface area contributed by atoms with E-state index in [1.165, 1.54) is 0 Å². The van der Waals surface area contributed by atoms with E-state index in [2.05, 4.69) is 4.98 Å². The number of esters is 1. The van der Waals surface area contributed by atoms with Gasteiger partial charge in [-0.25, -0.2) is 4.79 Å². The van der Waals surface area contributed by atoms with Gasteiger partial charge in [0.05, 0.1) is 21.3 Å². The highest BCUT2D eigenvalue weighted by atomic mass is 32.2. The molecule has 2 aromatic carbocycles. The zero-order valence-corrected chi connectivity index (χ0v) is 15.3. The van der Waals surface area contributed by atoms with Gasteiger partial charge in [0.1, 0.15) is 0 Å². The highest BCUT2D eigenvalue weighted by Gasteiger charge is 2.24. The van der Waals surface area contributed by atoms with Crippen LogP contribution in [0, 0.1) is 0 Å². The number of carbonyl (C=O) groups is 2. The van der Waals surface area contributed by atoms with E-state index < -0.39 is 22.9 Å². The maximum absolute atomic E-state index is 12.7. The monoisotopic (exact) mass is 369 g/mol. The van der Waals surface area contributed by atoms with Crippen LogP contribution >= 0.6 is 0 Å².